The summed E-state index contributed by atoms with van der Waals surface area (Å²) in [4.78, 5) is 16.5. The Morgan fingerprint density at radius 1 is 1.10 bits per heavy atom. The summed E-state index contributed by atoms with van der Waals surface area (Å²) in [5.74, 6) is 0.0998. The lowest BCUT2D eigenvalue weighted by atomic mass is 10.2. The van der Waals surface area contributed by atoms with E-state index in [-0.39, 0.29) is 30.7 Å². The predicted octanol–water partition coefficient (Wildman–Crippen LogP) is 2.41. The van der Waals surface area contributed by atoms with Gasteiger partial charge in [0.2, 0.25) is 5.91 Å². The van der Waals surface area contributed by atoms with Crippen LogP contribution in [0.1, 0.15) is 12.0 Å². The highest BCUT2D eigenvalue weighted by Crippen LogP contribution is 2.09. The molecule has 0 saturated carbocycles. The van der Waals surface area contributed by atoms with Crippen molar-refractivity contribution < 1.29 is 4.79 Å². The van der Waals surface area contributed by atoms with Crippen molar-refractivity contribution >= 4 is 36.4 Å². The average molecular weight is 334 g/mol. The van der Waals surface area contributed by atoms with Crippen LogP contribution in [0.5, 0.6) is 0 Å². The number of hydrogen-bond donors (Lipinski definition) is 1. The summed E-state index contributed by atoms with van der Waals surface area (Å²) in [6.07, 6.45) is 0.567. The Hall–Kier alpha value is -0.810. The van der Waals surface area contributed by atoms with Crippen molar-refractivity contribution in [2.45, 2.75) is 13.3 Å². The number of piperazine rings is 1. The Morgan fingerprint density at radius 2 is 1.67 bits per heavy atom. The third kappa shape index (κ3) is 7.14. The summed E-state index contributed by atoms with van der Waals surface area (Å²) >= 11 is 0. The van der Waals surface area contributed by atoms with Crippen LogP contribution in [0.3, 0.4) is 0 Å². The molecule has 1 aromatic rings. The Kier molecular flexibility index (Phi) is 9.62. The summed E-state index contributed by atoms with van der Waals surface area (Å²) < 4.78 is 0. The molecule has 1 fully saturated rings. The largest absolute Gasteiger partial charge is 0.326 e. The van der Waals surface area contributed by atoms with E-state index >= 15 is 0 Å². The number of hydrogen-bond acceptors (Lipinski definition) is 3. The lowest BCUT2D eigenvalue weighted by molar-refractivity contribution is -0.116. The highest BCUT2D eigenvalue weighted by molar-refractivity contribution is 5.90. The van der Waals surface area contributed by atoms with Crippen molar-refractivity contribution in [1.82, 2.24) is 9.80 Å². The van der Waals surface area contributed by atoms with Crippen molar-refractivity contribution in [2.24, 2.45) is 0 Å². The number of amides is 1. The molecule has 0 unspecified atom stereocenters. The number of rotatable bonds is 4. The molecule has 21 heavy (non-hydrogen) atoms. The quantitative estimate of drug-likeness (QED) is 0.919. The number of carbonyl (C=O) groups excluding carboxylic acids is 1. The minimum atomic E-state index is 0. The van der Waals surface area contributed by atoms with Crippen LogP contribution in [-0.2, 0) is 4.79 Å². The van der Waals surface area contributed by atoms with Gasteiger partial charge in [0, 0.05) is 44.8 Å². The first-order chi connectivity index (χ1) is 9.13. The van der Waals surface area contributed by atoms with E-state index in [4.69, 9.17) is 0 Å². The fourth-order valence-corrected chi connectivity index (χ4v) is 2.19. The van der Waals surface area contributed by atoms with Gasteiger partial charge in [0.15, 0.2) is 0 Å². The van der Waals surface area contributed by atoms with Crippen LogP contribution in [0.2, 0.25) is 0 Å². The second-order valence-electron chi connectivity index (χ2n) is 5.31. The summed E-state index contributed by atoms with van der Waals surface area (Å²) in [6, 6.07) is 7.92. The number of nitrogens with zero attached hydrogens (tertiary/aromatic N) is 2. The van der Waals surface area contributed by atoms with Gasteiger partial charge in [-0.05, 0) is 26.1 Å². The molecule has 0 radical (unpaired) electrons. The highest BCUT2D eigenvalue weighted by atomic mass is 35.5. The molecule has 6 heteroatoms. The summed E-state index contributed by atoms with van der Waals surface area (Å²) in [7, 11) is 2.14. The molecule has 0 aromatic heterocycles. The van der Waals surface area contributed by atoms with Crippen LogP contribution in [0.25, 0.3) is 0 Å². The molecule has 1 heterocycles. The molecular formula is C15H25Cl2N3O. The van der Waals surface area contributed by atoms with Gasteiger partial charge in [-0.15, -0.1) is 24.8 Å². The number of aryl methyl sites for hydroxylation is 1. The Bertz CT molecular complexity index is 417. The van der Waals surface area contributed by atoms with Crippen molar-refractivity contribution in [3.8, 4) is 0 Å². The molecule has 0 aliphatic carbocycles. The Balaban J connectivity index is 0.00000200. The van der Waals surface area contributed by atoms with Crippen molar-refractivity contribution in [1.29, 1.82) is 0 Å². The molecule has 1 amide bonds. The molecular weight excluding hydrogens is 309 g/mol. The van der Waals surface area contributed by atoms with E-state index in [9.17, 15) is 4.79 Å². The zero-order valence-electron chi connectivity index (χ0n) is 12.7. The molecule has 1 aliphatic rings. The predicted molar refractivity (Wildman–Crippen MR) is 92.9 cm³/mol. The van der Waals surface area contributed by atoms with E-state index in [2.05, 4.69) is 22.2 Å². The van der Waals surface area contributed by atoms with Crippen molar-refractivity contribution in [3.63, 3.8) is 0 Å². The zero-order chi connectivity index (χ0) is 13.7. The summed E-state index contributed by atoms with van der Waals surface area (Å²) in [5, 5.41) is 2.94. The lowest BCUT2D eigenvalue weighted by Gasteiger charge is -2.32. The van der Waals surface area contributed by atoms with Gasteiger partial charge in [-0.1, -0.05) is 17.7 Å². The van der Waals surface area contributed by atoms with Gasteiger partial charge < -0.3 is 15.1 Å². The van der Waals surface area contributed by atoms with E-state index < -0.39 is 0 Å². The molecule has 120 valence electrons. The zero-order valence-corrected chi connectivity index (χ0v) is 14.3. The maximum atomic E-state index is 11.9. The van der Waals surface area contributed by atoms with E-state index in [0.29, 0.717) is 6.42 Å². The van der Waals surface area contributed by atoms with Gasteiger partial charge in [-0.3, -0.25) is 4.79 Å². The first kappa shape index (κ1) is 20.2. The minimum Gasteiger partial charge on any atom is -0.326 e. The van der Waals surface area contributed by atoms with E-state index in [1.807, 2.05) is 31.2 Å². The molecule has 0 bridgehead atoms. The van der Waals surface area contributed by atoms with Gasteiger partial charge in [0.05, 0.1) is 0 Å². The lowest BCUT2D eigenvalue weighted by Crippen LogP contribution is -2.45. The van der Waals surface area contributed by atoms with Crippen LogP contribution in [0.4, 0.5) is 5.69 Å². The normalized spacial score (nSPS) is 15.7. The second kappa shape index (κ2) is 10.0. The van der Waals surface area contributed by atoms with Crippen molar-refractivity contribution in [2.75, 3.05) is 45.1 Å². The molecule has 0 spiro atoms. The van der Waals surface area contributed by atoms with Crippen LogP contribution in [0.15, 0.2) is 24.3 Å². The summed E-state index contributed by atoms with van der Waals surface area (Å²) in [5.41, 5.74) is 2.09. The topological polar surface area (TPSA) is 35.6 Å². The molecule has 0 atom stereocenters. The van der Waals surface area contributed by atoms with Crippen molar-refractivity contribution in [3.05, 3.63) is 29.8 Å². The van der Waals surface area contributed by atoms with E-state index in [1.54, 1.807) is 0 Å². The number of nitrogens with one attached hydrogen (secondary N) is 1. The SMILES string of the molecule is Cc1ccc(NC(=O)CCN2CCN(C)CC2)cc1.Cl.Cl. The van der Waals surface area contributed by atoms with E-state index in [1.165, 1.54) is 5.56 Å². The van der Waals surface area contributed by atoms with Crippen LogP contribution < -0.4 is 5.32 Å². The van der Waals surface area contributed by atoms with Crippen LogP contribution in [-0.4, -0.2) is 55.5 Å². The summed E-state index contributed by atoms with van der Waals surface area (Å²) in [6.45, 7) is 7.21. The molecule has 1 saturated heterocycles. The standard InChI is InChI=1S/C15H23N3O.2ClH/c1-13-3-5-14(6-4-13)16-15(19)7-8-18-11-9-17(2)10-12-18;;/h3-6H,7-12H2,1-2H3,(H,16,19);2*1H. The number of anilines is 1. The smallest absolute Gasteiger partial charge is 0.225 e. The monoisotopic (exact) mass is 333 g/mol. The van der Waals surface area contributed by atoms with Gasteiger partial charge in [0.1, 0.15) is 0 Å². The Morgan fingerprint density at radius 3 is 2.24 bits per heavy atom. The number of halogens is 2. The van der Waals surface area contributed by atoms with Gasteiger partial charge >= 0.3 is 0 Å². The number of carbonyl (C=O) groups is 1. The van der Waals surface area contributed by atoms with Gasteiger partial charge in [-0.25, -0.2) is 0 Å². The maximum absolute atomic E-state index is 11.9. The molecule has 2 rings (SSSR count). The third-order valence-corrected chi connectivity index (χ3v) is 3.59. The second-order valence-corrected chi connectivity index (χ2v) is 5.31. The fraction of sp³-hybridized carbons (Fsp3) is 0.533. The first-order valence-corrected chi connectivity index (χ1v) is 6.91. The molecule has 1 N–H and O–H groups in total. The average Bonchev–Trinajstić information content (AvgIpc) is 2.41. The molecule has 1 aliphatic heterocycles. The number of benzene rings is 1. The third-order valence-electron chi connectivity index (χ3n) is 3.59. The first-order valence-electron chi connectivity index (χ1n) is 6.91. The van der Waals surface area contributed by atoms with Crippen LogP contribution in [0, 0.1) is 6.92 Å². The fourth-order valence-electron chi connectivity index (χ4n) is 2.19. The minimum absolute atomic E-state index is 0. The highest BCUT2D eigenvalue weighted by Gasteiger charge is 2.14. The Labute approximate surface area is 139 Å². The van der Waals surface area contributed by atoms with Gasteiger partial charge in [-0.2, -0.15) is 0 Å². The van der Waals surface area contributed by atoms with Crippen LogP contribution >= 0.6 is 24.8 Å². The molecule has 1 aromatic carbocycles. The number of likely N-dealkylation sites (N-methyl/N-ethyl adjacent to an activating group) is 1. The van der Waals surface area contributed by atoms with Gasteiger partial charge in [0.25, 0.3) is 0 Å². The maximum Gasteiger partial charge on any atom is 0.225 e. The van der Waals surface area contributed by atoms with E-state index in [0.717, 1.165) is 38.4 Å². The molecule has 4 nitrogen and oxygen atoms in total.